The van der Waals surface area contributed by atoms with Crippen molar-refractivity contribution >= 4 is 11.8 Å². The molecule has 2 unspecified atom stereocenters. The van der Waals surface area contributed by atoms with Crippen molar-refractivity contribution in [1.29, 1.82) is 0 Å². The van der Waals surface area contributed by atoms with E-state index in [-0.39, 0.29) is 17.9 Å². The van der Waals surface area contributed by atoms with Gasteiger partial charge in [-0.1, -0.05) is 19.1 Å². The highest BCUT2D eigenvalue weighted by Crippen LogP contribution is 2.32. The largest absolute Gasteiger partial charge is 0.372 e. The van der Waals surface area contributed by atoms with Crippen molar-refractivity contribution in [1.82, 2.24) is 5.32 Å². The lowest BCUT2D eigenvalue weighted by Gasteiger charge is -2.29. The van der Waals surface area contributed by atoms with Crippen molar-refractivity contribution in [2.75, 3.05) is 13.2 Å². The Balaban J connectivity index is 2.41. The van der Waals surface area contributed by atoms with E-state index >= 15 is 0 Å². The van der Waals surface area contributed by atoms with E-state index in [2.05, 4.69) is 5.32 Å². The van der Waals surface area contributed by atoms with E-state index in [0.717, 1.165) is 25.7 Å². The first kappa shape index (κ1) is 15.7. The highest BCUT2D eigenvalue weighted by Gasteiger charge is 2.31. The lowest BCUT2D eigenvalue weighted by Crippen LogP contribution is -2.36. The number of nitrogens with one attached hydrogen (secondary N) is 1. The minimum absolute atomic E-state index is 0.00673. The van der Waals surface area contributed by atoms with Crippen LogP contribution in [0.3, 0.4) is 0 Å². The molecule has 108 valence electrons. The van der Waals surface area contributed by atoms with Gasteiger partial charge in [-0.2, -0.15) is 0 Å². The summed E-state index contributed by atoms with van der Waals surface area (Å²) in [6.07, 6.45) is 7.21. The van der Waals surface area contributed by atoms with Crippen molar-refractivity contribution in [3.63, 3.8) is 0 Å². The lowest BCUT2D eigenvalue weighted by atomic mass is 9.78. The molecular weight excluding hydrogens is 244 g/mol. The zero-order valence-electron chi connectivity index (χ0n) is 11.8. The van der Waals surface area contributed by atoms with Crippen LogP contribution in [0.15, 0.2) is 12.2 Å². The molecule has 1 rings (SSSR count). The zero-order chi connectivity index (χ0) is 14.3. The smallest absolute Gasteiger partial charge is 0.223 e. The second-order valence-electron chi connectivity index (χ2n) is 5.32. The molecule has 2 amide bonds. The molecule has 0 saturated carbocycles. The van der Waals surface area contributed by atoms with Gasteiger partial charge in [-0.3, -0.25) is 9.59 Å². The van der Waals surface area contributed by atoms with Gasteiger partial charge >= 0.3 is 0 Å². The third kappa shape index (κ3) is 5.42. The van der Waals surface area contributed by atoms with E-state index in [4.69, 9.17) is 10.5 Å². The van der Waals surface area contributed by atoms with Crippen LogP contribution >= 0.6 is 0 Å². The highest BCUT2D eigenvalue weighted by atomic mass is 16.5. The van der Waals surface area contributed by atoms with Gasteiger partial charge in [-0.05, 0) is 25.7 Å². The van der Waals surface area contributed by atoms with Crippen LogP contribution < -0.4 is 11.1 Å². The number of hydrogen-bond donors (Lipinski definition) is 2. The van der Waals surface area contributed by atoms with Crippen LogP contribution in [-0.4, -0.2) is 31.1 Å². The summed E-state index contributed by atoms with van der Waals surface area (Å²) in [6, 6.07) is 0. The maximum Gasteiger partial charge on any atom is 0.223 e. The maximum absolute atomic E-state index is 11.5. The second kappa shape index (κ2) is 7.28. The average Bonchev–Trinajstić information content (AvgIpc) is 2.32. The summed E-state index contributed by atoms with van der Waals surface area (Å²) in [4.78, 5) is 22.2. The monoisotopic (exact) mass is 268 g/mol. The van der Waals surface area contributed by atoms with Gasteiger partial charge in [0.15, 0.2) is 0 Å². The standard InChI is InChI=1S/C14H24N2O3/c1-11(17)16-9-10-19-12-5-3-4-7-14(2,8-6-12)13(15)18/h3,5,12H,4,6-10H2,1-2H3,(H2,15,18)(H,16,17)/b5-3+. The predicted molar refractivity (Wildman–Crippen MR) is 73.3 cm³/mol. The van der Waals surface area contributed by atoms with Crippen LogP contribution in [0, 0.1) is 5.41 Å². The van der Waals surface area contributed by atoms with Gasteiger partial charge in [0, 0.05) is 18.9 Å². The Labute approximate surface area is 114 Å². The lowest BCUT2D eigenvalue weighted by molar-refractivity contribution is -0.128. The topological polar surface area (TPSA) is 81.4 Å². The van der Waals surface area contributed by atoms with E-state index < -0.39 is 5.41 Å². The van der Waals surface area contributed by atoms with Crippen molar-refractivity contribution in [3.8, 4) is 0 Å². The second-order valence-corrected chi connectivity index (χ2v) is 5.32. The quantitative estimate of drug-likeness (QED) is 0.579. The molecular formula is C14H24N2O3. The minimum Gasteiger partial charge on any atom is -0.372 e. The molecule has 0 aromatic carbocycles. The molecule has 1 aliphatic carbocycles. The summed E-state index contributed by atoms with van der Waals surface area (Å²) in [5.41, 5.74) is 5.03. The first-order valence-corrected chi connectivity index (χ1v) is 6.77. The van der Waals surface area contributed by atoms with Crippen LogP contribution in [0.1, 0.15) is 39.5 Å². The fourth-order valence-corrected chi connectivity index (χ4v) is 2.15. The Bertz CT molecular complexity index is 355. The Morgan fingerprint density at radius 3 is 2.84 bits per heavy atom. The average molecular weight is 268 g/mol. The fraction of sp³-hybridized carbons (Fsp3) is 0.714. The van der Waals surface area contributed by atoms with E-state index in [1.807, 2.05) is 19.1 Å². The summed E-state index contributed by atoms with van der Waals surface area (Å²) in [7, 11) is 0. The molecule has 3 N–H and O–H groups in total. The third-order valence-corrected chi connectivity index (χ3v) is 3.60. The summed E-state index contributed by atoms with van der Waals surface area (Å²) >= 11 is 0. The predicted octanol–water partition coefficient (Wildman–Crippen LogP) is 1.13. The van der Waals surface area contributed by atoms with E-state index in [9.17, 15) is 9.59 Å². The van der Waals surface area contributed by atoms with Crippen LogP contribution in [0.4, 0.5) is 0 Å². The van der Waals surface area contributed by atoms with Gasteiger partial charge in [0.2, 0.25) is 11.8 Å². The van der Waals surface area contributed by atoms with E-state index in [1.165, 1.54) is 6.92 Å². The van der Waals surface area contributed by atoms with E-state index in [1.54, 1.807) is 0 Å². The van der Waals surface area contributed by atoms with Gasteiger partial charge in [0.1, 0.15) is 0 Å². The Morgan fingerprint density at radius 1 is 1.47 bits per heavy atom. The fourth-order valence-electron chi connectivity index (χ4n) is 2.15. The molecule has 0 aromatic rings. The first-order valence-electron chi connectivity index (χ1n) is 6.77. The molecule has 0 spiro atoms. The number of carbonyl (C=O) groups excluding carboxylic acids is 2. The van der Waals surface area contributed by atoms with Crippen molar-refractivity contribution in [2.45, 2.75) is 45.6 Å². The molecule has 0 bridgehead atoms. The van der Waals surface area contributed by atoms with Gasteiger partial charge < -0.3 is 15.8 Å². The van der Waals surface area contributed by atoms with Crippen LogP contribution in [-0.2, 0) is 14.3 Å². The number of primary amides is 1. The van der Waals surface area contributed by atoms with Gasteiger partial charge in [0.25, 0.3) is 0 Å². The zero-order valence-corrected chi connectivity index (χ0v) is 11.8. The number of ether oxygens (including phenoxy) is 1. The molecule has 0 aromatic heterocycles. The molecule has 5 nitrogen and oxygen atoms in total. The van der Waals surface area contributed by atoms with Gasteiger partial charge in [-0.15, -0.1) is 0 Å². The molecule has 0 radical (unpaired) electrons. The first-order chi connectivity index (χ1) is 8.94. The highest BCUT2D eigenvalue weighted by molar-refractivity contribution is 5.80. The Kier molecular flexibility index (Phi) is 6.02. The maximum atomic E-state index is 11.5. The van der Waals surface area contributed by atoms with Crippen LogP contribution in [0.5, 0.6) is 0 Å². The summed E-state index contributed by atoms with van der Waals surface area (Å²) in [5, 5.41) is 2.69. The van der Waals surface area contributed by atoms with E-state index in [0.29, 0.717) is 13.2 Å². The van der Waals surface area contributed by atoms with Crippen molar-refractivity contribution in [2.24, 2.45) is 11.1 Å². The minimum atomic E-state index is -0.440. The molecule has 0 aliphatic heterocycles. The van der Waals surface area contributed by atoms with Crippen molar-refractivity contribution < 1.29 is 14.3 Å². The number of carbonyl (C=O) groups is 2. The third-order valence-electron chi connectivity index (χ3n) is 3.60. The van der Waals surface area contributed by atoms with Gasteiger partial charge in [-0.25, -0.2) is 0 Å². The molecule has 1 aliphatic rings. The Morgan fingerprint density at radius 2 is 2.21 bits per heavy atom. The molecule has 0 heterocycles. The number of hydrogen-bond acceptors (Lipinski definition) is 3. The number of nitrogens with two attached hydrogens (primary N) is 1. The normalized spacial score (nSPS) is 29.1. The number of allylic oxidation sites excluding steroid dienone is 1. The molecule has 0 saturated heterocycles. The SMILES string of the molecule is CC(=O)NCCOC1/C=C/CCC(C)(C(N)=O)CC1. The molecule has 5 heteroatoms. The van der Waals surface area contributed by atoms with Crippen LogP contribution in [0.2, 0.25) is 0 Å². The summed E-state index contributed by atoms with van der Waals surface area (Å²) < 4.78 is 5.69. The van der Waals surface area contributed by atoms with Gasteiger partial charge in [0.05, 0.1) is 12.7 Å². The summed E-state index contributed by atoms with van der Waals surface area (Å²) in [5.74, 6) is -0.294. The number of amides is 2. The van der Waals surface area contributed by atoms with Crippen LogP contribution in [0.25, 0.3) is 0 Å². The summed E-state index contributed by atoms with van der Waals surface area (Å²) in [6.45, 7) is 4.38. The number of rotatable bonds is 5. The Hall–Kier alpha value is -1.36. The molecule has 19 heavy (non-hydrogen) atoms. The molecule has 2 atom stereocenters. The van der Waals surface area contributed by atoms with Crippen molar-refractivity contribution in [3.05, 3.63) is 12.2 Å². The molecule has 0 fully saturated rings.